The lowest BCUT2D eigenvalue weighted by molar-refractivity contribution is -0.130. The summed E-state index contributed by atoms with van der Waals surface area (Å²) >= 11 is 0. The molecule has 298 valence electrons. The summed E-state index contributed by atoms with van der Waals surface area (Å²) in [4.78, 5) is 55.8. The van der Waals surface area contributed by atoms with Gasteiger partial charge in [0, 0.05) is 47.0 Å². The van der Waals surface area contributed by atoms with Gasteiger partial charge in [-0.15, -0.1) is 0 Å². The van der Waals surface area contributed by atoms with Crippen LogP contribution in [0.4, 0.5) is 9.59 Å². The van der Waals surface area contributed by atoms with E-state index in [9.17, 15) is 14.4 Å². The third-order valence-electron chi connectivity index (χ3n) is 9.83. The van der Waals surface area contributed by atoms with Crippen LogP contribution in [0.3, 0.4) is 0 Å². The van der Waals surface area contributed by atoms with Gasteiger partial charge in [0.05, 0.1) is 64.2 Å². The van der Waals surface area contributed by atoms with Gasteiger partial charge in [0.2, 0.25) is 12.7 Å². The molecule has 2 aliphatic heterocycles. The fraction of sp³-hybridized carbons (Fsp3) is 0.425. The average Bonchev–Trinajstić information content (AvgIpc) is 4.05. The number of hydrogen-bond donors (Lipinski definition) is 4. The zero-order valence-corrected chi connectivity index (χ0v) is 32.6. The number of nitrogens with zero attached hydrogens (tertiary/aromatic N) is 4. The maximum atomic E-state index is 12.9. The number of carbonyl (C=O) groups is 3. The lowest BCUT2D eigenvalue weighted by Crippen LogP contribution is -2.40. The number of aromatic amines is 2. The lowest BCUT2D eigenvalue weighted by Gasteiger charge is -2.25. The number of nitrogens with one attached hydrogen (secondary N) is 4. The van der Waals surface area contributed by atoms with Crippen molar-refractivity contribution in [3.63, 3.8) is 0 Å². The molecular weight excluding hydrogens is 720 g/mol. The molecule has 2 aromatic heterocycles. The maximum absolute atomic E-state index is 12.9. The second kappa shape index (κ2) is 18.0. The van der Waals surface area contributed by atoms with Gasteiger partial charge in [0.25, 0.3) is 0 Å². The van der Waals surface area contributed by atoms with E-state index < -0.39 is 12.2 Å². The Morgan fingerprint density at radius 1 is 0.768 bits per heavy atom. The van der Waals surface area contributed by atoms with Crippen LogP contribution in [0.2, 0.25) is 0 Å². The van der Waals surface area contributed by atoms with Crippen molar-refractivity contribution in [1.82, 2.24) is 40.4 Å². The first-order chi connectivity index (χ1) is 27.2. The standard InChI is InChI=1S/C40H50N8O8/c1-7-14-47(24(4)16-43-39(50)52-5)20-32-41-17-30(45-32)28-12-10-26(35-25(9-3)22-54-36(28)35)27-11-13-29(38-37(27)55-23-56-38)31-18-42-33(46-31)21-48(15-8-2)34(49)19-44-40(51)53-6/h10-13,17-18,25H,4,7-9,14-16,19-23H2,1-3,5-6H3,(H,41,45)(H,42,46)(H,43,50)(H,44,51). The molecular formula is C40H50N8O8. The molecule has 2 aromatic carbocycles. The molecule has 0 saturated heterocycles. The van der Waals surface area contributed by atoms with Crippen molar-refractivity contribution in [1.29, 1.82) is 0 Å². The summed E-state index contributed by atoms with van der Waals surface area (Å²) in [6, 6.07) is 8.18. The minimum atomic E-state index is -0.665. The van der Waals surface area contributed by atoms with E-state index in [2.05, 4.69) is 61.7 Å². The van der Waals surface area contributed by atoms with Gasteiger partial charge in [-0.3, -0.25) is 4.79 Å². The van der Waals surface area contributed by atoms with Crippen molar-refractivity contribution in [3.8, 4) is 50.9 Å². The van der Waals surface area contributed by atoms with Crippen molar-refractivity contribution in [2.24, 2.45) is 0 Å². The van der Waals surface area contributed by atoms with Gasteiger partial charge in [0.1, 0.15) is 23.9 Å². The number of alkyl carbamates (subject to hydrolysis) is 2. The van der Waals surface area contributed by atoms with E-state index >= 15 is 0 Å². The normalized spacial score (nSPS) is 13.8. The van der Waals surface area contributed by atoms with Gasteiger partial charge in [-0.25, -0.2) is 19.6 Å². The summed E-state index contributed by atoms with van der Waals surface area (Å²) in [5.74, 6) is 3.32. The quantitative estimate of drug-likeness (QED) is 0.0999. The number of carbonyl (C=O) groups excluding carboxylic acids is 3. The number of aromatic nitrogens is 4. The van der Waals surface area contributed by atoms with Crippen LogP contribution in [-0.2, 0) is 27.4 Å². The van der Waals surface area contributed by atoms with E-state index in [0.29, 0.717) is 37.0 Å². The molecule has 56 heavy (non-hydrogen) atoms. The van der Waals surface area contributed by atoms with Crippen LogP contribution in [0.15, 0.2) is 48.9 Å². The van der Waals surface area contributed by atoms with Crippen molar-refractivity contribution in [2.45, 2.75) is 59.0 Å². The zero-order chi connectivity index (χ0) is 39.8. The number of benzene rings is 2. The molecule has 1 unspecified atom stereocenters. The third-order valence-corrected chi connectivity index (χ3v) is 9.83. The molecule has 0 saturated carbocycles. The fourth-order valence-corrected chi connectivity index (χ4v) is 7.01. The average molecular weight is 771 g/mol. The Morgan fingerprint density at radius 3 is 1.91 bits per heavy atom. The van der Waals surface area contributed by atoms with Gasteiger partial charge in [-0.2, -0.15) is 0 Å². The monoisotopic (exact) mass is 770 g/mol. The molecule has 16 nitrogen and oxygen atoms in total. The highest BCUT2D eigenvalue weighted by Crippen LogP contribution is 2.53. The molecule has 1 atom stereocenters. The summed E-state index contributed by atoms with van der Waals surface area (Å²) in [5, 5.41) is 5.14. The molecule has 3 amide bonds. The highest BCUT2D eigenvalue weighted by Gasteiger charge is 2.33. The Hall–Kier alpha value is -6.19. The number of rotatable bonds is 17. The highest BCUT2D eigenvalue weighted by atomic mass is 16.7. The van der Waals surface area contributed by atoms with Crippen molar-refractivity contribution >= 4 is 18.1 Å². The minimum absolute atomic E-state index is 0.0669. The van der Waals surface area contributed by atoms with Crippen LogP contribution < -0.4 is 24.8 Å². The second-order valence-corrected chi connectivity index (χ2v) is 13.5. The predicted molar refractivity (Wildman–Crippen MR) is 208 cm³/mol. The van der Waals surface area contributed by atoms with Gasteiger partial charge in [0.15, 0.2) is 11.5 Å². The Labute approximate surface area is 325 Å². The number of H-pyrrole nitrogens is 2. The molecule has 0 bridgehead atoms. The van der Waals surface area contributed by atoms with Crippen molar-refractivity contribution in [3.05, 3.63) is 66.1 Å². The predicted octanol–water partition coefficient (Wildman–Crippen LogP) is 5.92. The summed E-state index contributed by atoms with van der Waals surface area (Å²) in [6.45, 7) is 13.1. The number of imidazole rings is 2. The summed E-state index contributed by atoms with van der Waals surface area (Å²) in [7, 11) is 2.58. The van der Waals surface area contributed by atoms with Crippen molar-refractivity contribution < 1.29 is 38.1 Å². The first kappa shape index (κ1) is 39.5. The van der Waals surface area contributed by atoms with E-state index in [-0.39, 0.29) is 38.3 Å². The van der Waals surface area contributed by atoms with Crippen LogP contribution in [0, 0.1) is 0 Å². The molecule has 0 radical (unpaired) electrons. The van der Waals surface area contributed by atoms with Crippen LogP contribution in [0.5, 0.6) is 17.2 Å². The molecule has 0 aliphatic carbocycles. The van der Waals surface area contributed by atoms with Gasteiger partial charge in [-0.1, -0.05) is 33.4 Å². The molecule has 2 aliphatic rings. The Kier molecular flexibility index (Phi) is 12.7. The van der Waals surface area contributed by atoms with Gasteiger partial charge in [-0.05, 0) is 43.0 Å². The number of amides is 3. The number of hydrogen-bond acceptors (Lipinski definition) is 11. The van der Waals surface area contributed by atoms with E-state index in [1.807, 2.05) is 31.3 Å². The number of methoxy groups -OCH3 is 2. The SMILES string of the molecule is C=C(CNC(=O)OC)N(CCC)Cc1ncc(-c2ccc(-c3ccc(-c4cnc(CN(CCC)C(=O)CNC(=O)OC)[nH]4)c4c3OCO4)c3c2OCC3CC)[nH]1. The molecule has 16 heteroatoms. The number of fused-ring (bicyclic) bond motifs is 2. The topological polar surface area (TPSA) is 185 Å². The van der Waals surface area contributed by atoms with Crippen LogP contribution >= 0.6 is 0 Å². The number of ether oxygens (including phenoxy) is 5. The van der Waals surface area contributed by atoms with E-state index in [0.717, 1.165) is 82.3 Å². The van der Waals surface area contributed by atoms with E-state index in [1.54, 1.807) is 11.1 Å². The van der Waals surface area contributed by atoms with Crippen molar-refractivity contribution in [2.75, 3.05) is 53.8 Å². The summed E-state index contributed by atoms with van der Waals surface area (Å²) < 4.78 is 27.9. The Bertz CT molecular complexity index is 2060. The van der Waals surface area contributed by atoms with Crippen LogP contribution in [0.25, 0.3) is 33.6 Å². The van der Waals surface area contributed by atoms with Crippen LogP contribution in [0.1, 0.15) is 63.2 Å². The van der Waals surface area contributed by atoms with E-state index in [4.69, 9.17) is 23.9 Å². The largest absolute Gasteiger partial charge is 0.492 e. The summed E-state index contributed by atoms with van der Waals surface area (Å²) in [5.41, 5.74) is 7.01. The first-order valence-electron chi connectivity index (χ1n) is 18.8. The highest BCUT2D eigenvalue weighted by molar-refractivity contribution is 5.88. The first-order valence-corrected chi connectivity index (χ1v) is 18.8. The smallest absolute Gasteiger partial charge is 0.407 e. The van der Waals surface area contributed by atoms with Gasteiger partial charge >= 0.3 is 12.2 Å². The molecule has 4 N–H and O–H groups in total. The lowest BCUT2D eigenvalue weighted by atomic mass is 9.87. The maximum Gasteiger partial charge on any atom is 0.407 e. The third kappa shape index (κ3) is 8.53. The zero-order valence-electron chi connectivity index (χ0n) is 32.6. The molecule has 0 spiro atoms. The Balaban J connectivity index is 1.25. The van der Waals surface area contributed by atoms with Crippen LogP contribution in [-0.4, -0.2) is 102 Å². The minimum Gasteiger partial charge on any atom is -0.492 e. The molecule has 6 rings (SSSR count). The fourth-order valence-electron chi connectivity index (χ4n) is 7.01. The molecule has 4 aromatic rings. The van der Waals surface area contributed by atoms with Gasteiger partial charge < -0.3 is 54.1 Å². The second-order valence-electron chi connectivity index (χ2n) is 13.5. The van der Waals surface area contributed by atoms with E-state index in [1.165, 1.54) is 14.2 Å². The molecule has 0 fully saturated rings. The summed E-state index contributed by atoms with van der Waals surface area (Å²) in [6.07, 6.45) is 4.89. The Morgan fingerprint density at radius 2 is 1.30 bits per heavy atom. The molecule has 4 heterocycles.